The lowest BCUT2D eigenvalue weighted by Gasteiger charge is -2.04. The number of nitrogen functional groups attached to an aromatic ring is 1. The summed E-state index contributed by atoms with van der Waals surface area (Å²) in [5.74, 6) is 0.594. The van der Waals surface area contributed by atoms with E-state index in [1.165, 1.54) is 5.57 Å². The normalized spacial score (nSPS) is 10.3. The number of benzene rings is 1. The van der Waals surface area contributed by atoms with E-state index in [2.05, 4.69) is 31.0 Å². The van der Waals surface area contributed by atoms with Gasteiger partial charge in [0.2, 0.25) is 0 Å². The molecule has 0 fully saturated rings. The zero-order valence-corrected chi connectivity index (χ0v) is 8.99. The summed E-state index contributed by atoms with van der Waals surface area (Å²) >= 11 is 0. The van der Waals surface area contributed by atoms with Gasteiger partial charge in [0, 0.05) is 17.1 Å². The number of fused-ring (bicyclic) bond motifs is 1. The van der Waals surface area contributed by atoms with Crippen molar-refractivity contribution in [2.45, 2.75) is 13.8 Å². The molecule has 0 saturated heterocycles. The van der Waals surface area contributed by atoms with Crippen molar-refractivity contribution in [1.29, 1.82) is 0 Å². The van der Waals surface area contributed by atoms with Crippen LogP contribution in [0.3, 0.4) is 0 Å². The van der Waals surface area contributed by atoms with Gasteiger partial charge >= 0.3 is 0 Å². The Bertz CT molecular complexity index is 523. The first-order chi connectivity index (χ1) is 7.18. The van der Waals surface area contributed by atoms with Crippen molar-refractivity contribution in [3.05, 3.63) is 41.6 Å². The first-order valence-corrected chi connectivity index (χ1v) is 4.96. The molecule has 0 aliphatic heterocycles. The molecule has 76 valence electrons. The summed E-state index contributed by atoms with van der Waals surface area (Å²) in [6.07, 6.45) is 3.94. The number of rotatable bonds is 1. The Labute approximate surface area is 89.4 Å². The van der Waals surface area contributed by atoms with Gasteiger partial charge in [0.1, 0.15) is 5.82 Å². The number of hydrogen-bond acceptors (Lipinski definition) is 2. The molecule has 2 nitrogen and oxygen atoms in total. The van der Waals surface area contributed by atoms with Gasteiger partial charge in [-0.05, 0) is 19.2 Å². The molecule has 0 saturated carbocycles. The van der Waals surface area contributed by atoms with Crippen LogP contribution in [0.4, 0.5) is 5.82 Å². The zero-order chi connectivity index (χ0) is 10.8. The standard InChI is InChI=1S/C13H14N2/c1-9(2)7-10-8-15-13(14)12-6-4-3-5-11(10)12/h3-8H,1-2H3,(H2,14,15). The first kappa shape index (κ1) is 9.71. The van der Waals surface area contributed by atoms with Crippen molar-refractivity contribution < 1.29 is 0 Å². The summed E-state index contributed by atoms with van der Waals surface area (Å²) in [6, 6.07) is 8.07. The van der Waals surface area contributed by atoms with E-state index in [9.17, 15) is 0 Å². The third kappa shape index (κ3) is 1.84. The maximum absolute atomic E-state index is 5.82. The van der Waals surface area contributed by atoms with Gasteiger partial charge in [-0.15, -0.1) is 0 Å². The molecule has 2 heteroatoms. The topological polar surface area (TPSA) is 38.9 Å². The molecule has 0 aliphatic rings. The Morgan fingerprint density at radius 1 is 1.20 bits per heavy atom. The number of nitrogens with zero attached hydrogens (tertiary/aromatic N) is 1. The molecule has 1 aromatic carbocycles. The Hall–Kier alpha value is -1.83. The van der Waals surface area contributed by atoms with Crippen LogP contribution in [0.25, 0.3) is 16.8 Å². The second-order valence-electron chi connectivity index (χ2n) is 3.87. The summed E-state index contributed by atoms with van der Waals surface area (Å²) in [4.78, 5) is 4.19. The van der Waals surface area contributed by atoms with Crippen molar-refractivity contribution in [3.63, 3.8) is 0 Å². The van der Waals surface area contributed by atoms with E-state index in [-0.39, 0.29) is 0 Å². The average Bonchev–Trinajstić information content (AvgIpc) is 2.22. The van der Waals surface area contributed by atoms with Gasteiger partial charge in [-0.2, -0.15) is 0 Å². The van der Waals surface area contributed by atoms with E-state index in [0.717, 1.165) is 16.3 Å². The minimum Gasteiger partial charge on any atom is -0.383 e. The predicted octanol–water partition coefficient (Wildman–Crippen LogP) is 3.24. The average molecular weight is 198 g/mol. The third-order valence-electron chi connectivity index (χ3n) is 2.30. The van der Waals surface area contributed by atoms with Crippen molar-refractivity contribution >= 4 is 22.7 Å². The second kappa shape index (κ2) is 3.73. The molecule has 0 atom stereocenters. The Morgan fingerprint density at radius 2 is 1.87 bits per heavy atom. The molecule has 0 bridgehead atoms. The van der Waals surface area contributed by atoms with E-state index < -0.39 is 0 Å². The van der Waals surface area contributed by atoms with Gasteiger partial charge in [-0.25, -0.2) is 4.98 Å². The molecule has 0 spiro atoms. The number of hydrogen-bond donors (Lipinski definition) is 1. The van der Waals surface area contributed by atoms with Gasteiger partial charge in [0.05, 0.1) is 0 Å². The number of nitrogens with two attached hydrogens (primary N) is 1. The third-order valence-corrected chi connectivity index (χ3v) is 2.30. The fraction of sp³-hybridized carbons (Fsp3) is 0.154. The van der Waals surface area contributed by atoms with Gasteiger partial charge < -0.3 is 5.73 Å². The molecule has 1 aromatic heterocycles. The second-order valence-corrected chi connectivity index (χ2v) is 3.87. The predicted molar refractivity (Wildman–Crippen MR) is 65.5 cm³/mol. The van der Waals surface area contributed by atoms with Crippen molar-refractivity contribution in [2.75, 3.05) is 5.73 Å². The summed E-state index contributed by atoms with van der Waals surface area (Å²) in [6.45, 7) is 4.15. The molecule has 0 amide bonds. The SMILES string of the molecule is CC(C)=Cc1cnc(N)c2ccccc12. The molecular weight excluding hydrogens is 184 g/mol. The largest absolute Gasteiger partial charge is 0.383 e. The van der Waals surface area contributed by atoms with Crippen LogP contribution in [0, 0.1) is 0 Å². The Balaban J connectivity index is 2.77. The maximum Gasteiger partial charge on any atom is 0.131 e. The maximum atomic E-state index is 5.82. The van der Waals surface area contributed by atoms with Crippen molar-refractivity contribution in [1.82, 2.24) is 4.98 Å². The summed E-state index contributed by atoms with van der Waals surface area (Å²) in [7, 11) is 0. The van der Waals surface area contributed by atoms with Crippen LogP contribution in [0.5, 0.6) is 0 Å². The smallest absolute Gasteiger partial charge is 0.131 e. The van der Waals surface area contributed by atoms with E-state index in [4.69, 9.17) is 5.73 Å². The lowest BCUT2D eigenvalue weighted by molar-refractivity contribution is 1.35. The highest BCUT2D eigenvalue weighted by Crippen LogP contribution is 2.23. The molecule has 0 unspecified atom stereocenters. The number of allylic oxidation sites excluding steroid dienone is 1. The van der Waals surface area contributed by atoms with Crippen LogP contribution in [0.15, 0.2) is 36.0 Å². The van der Waals surface area contributed by atoms with Crippen molar-refractivity contribution in [3.8, 4) is 0 Å². The van der Waals surface area contributed by atoms with Crippen LogP contribution < -0.4 is 5.73 Å². The fourth-order valence-corrected chi connectivity index (χ4v) is 1.66. The highest BCUT2D eigenvalue weighted by atomic mass is 14.8. The summed E-state index contributed by atoms with van der Waals surface area (Å²) in [5.41, 5.74) is 8.21. The van der Waals surface area contributed by atoms with E-state index in [1.807, 2.05) is 24.4 Å². The first-order valence-electron chi connectivity index (χ1n) is 4.96. The van der Waals surface area contributed by atoms with Crippen LogP contribution in [-0.2, 0) is 0 Å². The van der Waals surface area contributed by atoms with Crippen molar-refractivity contribution in [2.24, 2.45) is 0 Å². The van der Waals surface area contributed by atoms with Gasteiger partial charge in [-0.1, -0.05) is 35.9 Å². The minimum atomic E-state index is 0.594. The lowest BCUT2D eigenvalue weighted by Crippen LogP contribution is -1.92. The molecular formula is C13H14N2. The quantitative estimate of drug-likeness (QED) is 0.764. The lowest BCUT2D eigenvalue weighted by atomic mass is 10.1. The Kier molecular flexibility index (Phi) is 2.42. The number of pyridine rings is 1. The summed E-state index contributed by atoms with van der Waals surface area (Å²) in [5, 5.41) is 2.18. The van der Waals surface area contributed by atoms with Gasteiger partial charge in [0.15, 0.2) is 0 Å². The Morgan fingerprint density at radius 3 is 2.53 bits per heavy atom. The minimum absolute atomic E-state index is 0.594. The van der Waals surface area contributed by atoms with E-state index >= 15 is 0 Å². The molecule has 1 heterocycles. The van der Waals surface area contributed by atoms with E-state index in [1.54, 1.807) is 0 Å². The zero-order valence-electron chi connectivity index (χ0n) is 8.99. The van der Waals surface area contributed by atoms with Crippen LogP contribution >= 0.6 is 0 Å². The highest BCUT2D eigenvalue weighted by molar-refractivity contribution is 5.96. The molecule has 2 N–H and O–H groups in total. The van der Waals surface area contributed by atoms with Crippen LogP contribution in [0.1, 0.15) is 19.4 Å². The summed E-state index contributed by atoms with van der Waals surface area (Å²) < 4.78 is 0. The highest BCUT2D eigenvalue weighted by Gasteiger charge is 2.01. The molecule has 2 rings (SSSR count). The van der Waals surface area contributed by atoms with Gasteiger partial charge in [0.25, 0.3) is 0 Å². The fourth-order valence-electron chi connectivity index (χ4n) is 1.66. The van der Waals surface area contributed by atoms with Crippen LogP contribution in [-0.4, -0.2) is 4.98 Å². The molecule has 0 aliphatic carbocycles. The molecule has 0 radical (unpaired) electrons. The monoisotopic (exact) mass is 198 g/mol. The number of aromatic nitrogens is 1. The molecule has 2 aromatic rings. The number of anilines is 1. The van der Waals surface area contributed by atoms with Crippen LogP contribution in [0.2, 0.25) is 0 Å². The van der Waals surface area contributed by atoms with Gasteiger partial charge in [-0.3, -0.25) is 0 Å². The van der Waals surface area contributed by atoms with E-state index in [0.29, 0.717) is 5.82 Å². The molecule has 15 heavy (non-hydrogen) atoms.